The molecule has 0 bridgehead atoms. The fraction of sp³-hybridized carbons (Fsp3) is 0.167. The van der Waals surface area contributed by atoms with Crippen LogP contribution in [0, 0.1) is 6.92 Å². The van der Waals surface area contributed by atoms with Gasteiger partial charge in [0, 0.05) is 11.8 Å². The lowest BCUT2D eigenvalue weighted by atomic mass is 10.1. The second-order valence-corrected chi connectivity index (χ2v) is 2.95. The minimum Gasteiger partial charge on any atom is -0.392 e. The summed E-state index contributed by atoms with van der Waals surface area (Å²) in [7, 11) is 0. The zero-order valence-corrected chi connectivity index (χ0v) is 8.20. The van der Waals surface area contributed by atoms with Gasteiger partial charge in [-0.15, -0.1) is 5.73 Å². The highest BCUT2D eigenvalue weighted by molar-refractivity contribution is 5.51. The molecule has 1 N–H and O–H groups in total. The Morgan fingerprint density at radius 3 is 3.07 bits per heavy atom. The number of hydrogen-bond acceptors (Lipinski definition) is 2. The average molecular weight is 187 g/mol. The minimum absolute atomic E-state index is 0.00611. The first-order valence-corrected chi connectivity index (χ1v) is 4.37. The summed E-state index contributed by atoms with van der Waals surface area (Å²) in [6, 6.07) is 1.92. The predicted molar refractivity (Wildman–Crippen MR) is 57.6 cm³/mol. The summed E-state index contributed by atoms with van der Waals surface area (Å²) >= 11 is 0. The number of rotatable bonds is 3. The highest BCUT2D eigenvalue weighted by Crippen LogP contribution is 2.10. The average Bonchev–Trinajstić information content (AvgIpc) is 2.20. The van der Waals surface area contributed by atoms with E-state index in [1.807, 2.05) is 19.1 Å². The number of aliphatic hydroxyl groups is 1. The van der Waals surface area contributed by atoms with Gasteiger partial charge < -0.3 is 5.11 Å². The highest BCUT2D eigenvalue weighted by atomic mass is 16.3. The Balaban J connectivity index is 3.01. The van der Waals surface area contributed by atoms with Crippen molar-refractivity contribution in [3.63, 3.8) is 0 Å². The van der Waals surface area contributed by atoms with Gasteiger partial charge in [-0.3, -0.25) is 4.98 Å². The van der Waals surface area contributed by atoms with Gasteiger partial charge in [0.15, 0.2) is 0 Å². The van der Waals surface area contributed by atoms with E-state index >= 15 is 0 Å². The fourth-order valence-electron chi connectivity index (χ4n) is 1.12. The largest absolute Gasteiger partial charge is 0.392 e. The molecule has 0 amide bonds. The Labute approximate surface area is 83.9 Å². The van der Waals surface area contributed by atoms with E-state index < -0.39 is 0 Å². The SMILES string of the molecule is C=C=CC=Cc1ncc(C)cc1CO. The zero-order valence-electron chi connectivity index (χ0n) is 8.20. The lowest BCUT2D eigenvalue weighted by Crippen LogP contribution is -1.93. The molecule has 0 aromatic carbocycles. The van der Waals surface area contributed by atoms with Crippen molar-refractivity contribution in [2.24, 2.45) is 0 Å². The molecule has 0 aliphatic rings. The quantitative estimate of drug-likeness (QED) is 0.581. The maximum Gasteiger partial charge on any atom is 0.0703 e. The molecule has 72 valence electrons. The number of aromatic nitrogens is 1. The lowest BCUT2D eigenvalue weighted by Gasteiger charge is -2.02. The maximum atomic E-state index is 9.09. The van der Waals surface area contributed by atoms with Crippen molar-refractivity contribution < 1.29 is 5.11 Å². The predicted octanol–water partition coefficient (Wildman–Crippen LogP) is 2.24. The summed E-state index contributed by atoms with van der Waals surface area (Å²) in [6.45, 7) is 5.40. The van der Waals surface area contributed by atoms with Crippen molar-refractivity contribution in [3.05, 3.63) is 53.5 Å². The molecule has 0 fully saturated rings. The molecule has 1 heterocycles. The van der Waals surface area contributed by atoms with Crippen LogP contribution in [0.2, 0.25) is 0 Å². The van der Waals surface area contributed by atoms with Crippen LogP contribution in [0.15, 0.2) is 36.7 Å². The van der Waals surface area contributed by atoms with Crippen LogP contribution in [-0.4, -0.2) is 10.1 Å². The van der Waals surface area contributed by atoms with E-state index in [4.69, 9.17) is 5.11 Å². The smallest absolute Gasteiger partial charge is 0.0703 e. The summed E-state index contributed by atoms with van der Waals surface area (Å²) < 4.78 is 0. The lowest BCUT2D eigenvalue weighted by molar-refractivity contribution is 0.281. The number of nitrogens with zero attached hydrogens (tertiary/aromatic N) is 1. The van der Waals surface area contributed by atoms with Gasteiger partial charge >= 0.3 is 0 Å². The molecule has 0 aliphatic heterocycles. The molecule has 0 spiro atoms. The van der Waals surface area contributed by atoms with E-state index in [0.717, 1.165) is 16.8 Å². The number of pyridine rings is 1. The number of allylic oxidation sites excluding steroid dienone is 2. The first-order valence-electron chi connectivity index (χ1n) is 4.37. The maximum absolute atomic E-state index is 9.09. The van der Waals surface area contributed by atoms with E-state index in [-0.39, 0.29) is 6.61 Å². The monoisotopic (exact) mass is 187 g/mol. The van der Waals surface area contributed by atoms with Crippen molar-refractivity contribution in [2.75, 3.05) is 0 Å². The normalized spacial score (nSPS) is 10.1. The van der Waals surface area contributed by atoms with Crippen molar-refractivity contribution >= 4 is 6.08 Å². The van der Waals surface area contributed by atoms with Crippen molar-refractivity contribution in [3.8, 4) is 0 Å². The van der Waals surface area contributed by atoms with Gasteiger partial charge in [0.1, 0.15) is 0 Å². The molecular formula is C12H13NO. The fourth-order valence-corrected chi connectivity index (χ4v) is 1.12. The first-order chi connectivity index (χ1) is 6.77. The van der Waals surface area contributed by atoms with E-state index in [2.05, 4.69) is 17.3 Å². The first kappa shape index (κ1) is 10.5. The summed E-state index contributed by atoms with van der Waals surface area (Å²) in [5.41, 5.74) is 5.30. The molecule has 0 radical (unpaired) electrons. The zero-order chi connectivity index (χ0) is 10.4. The van der Waals surface area contributed by atoms with Crippen molar-refractivity contribution in [1.29, 1.82) is 0 Å². The Bertz CT molecular complexity index is 387. The molecule has 1 rings (SSSR count). The molecule has 14 heavy (non-hydrogen) atoms. The van der Waals surface area contributed by atoms with Crippen LogP contribution in [0.3, 0.4) is 0 Å². The molecule has 0 saturated carbocycles. The van der Waals surface area contributed by atoms with Gasteiger partial charge in [0.05, 0.1) is 12.3 Å². The van der Waals surface area contributed by atoms with Crippen LogP contribution in [-0.2, 0) is 6.61 Å². The molecule has 0 unspecified atom stereocenters. The Morgan fingerprint density at radius 2 is 2.43 bits per heavy atom. The van der Waals surface area contributed by atoms with Crippen LogP contribution >= 0.6 is 0 Å². The second-order valence-electron chi connectivity index (χ2n) is 2.95. The third-order valence-corrected chi connectivity index (χ3v) is 1.78. The van der Waals surface area contributed by atoms with Crippen LogP contribution in [0.25, 0.3) is 6.08 Å². The van der Waals surface area contributed by atoms with Gasteiger partial charge in [-0.1, -0.05) is 18.7 Å². The van der Waals surface area contributed by atoms with Gasteiger partial charge in [-0.25, -0.2) is 0 Å². The summed E-state index contributed by atoms with van der Waals surface area (Å²) in [5, 5.41) is 9.09. The molecule has 0 atom stereocenters. The number of hydrogen-bond donors (Lipinski definition) is 1. The Kier molecular flexibility index (Phi) is 3.86. The third kappa shape index (κ3) is 2.70. The molecule has 2 nitrogen and oxygen atoms in total. The van der Waals surface area contributed by atoms with Gasteiger partial charge in [-0.05, 0) is 24.6 Å². The number of aliphatic hydroxyl groups excluding tert-OH is 1. The summed E-state index contributed by atoms with van der Waals surface area (Å²) in [6.07, 6.45) is 7.09. The van der Waals surface area contributed by atoms with Crippen molar-refractivity contribution in [1.82, 2.24) is 4.98 Å². The van der Waals surface area contributed by atoms with E-state index in [0.29, 0.717) is 0 Å². The molecule has 1 aromatic heterocycles. The van der Waals surface area contributed by atoms with Crippen LogP contribution in [0.4, 0.5) is 0 Å². The van der Waals surface area contributed by atoms with E-state index in [9.17, 15) is 0 Å². The topological polar surface area (TPSA) is 33.1 Å². The molecule has 0 saturated heterocycles. The second kappa shape index (κ2) is 5.18. The standard InChI is InChI=1S/C12H13NO/c1-3-4-5-6-12-11(9-14)7-10(2)8-13-12/h4-8,14H,1,9H2,2H3. The van der Waals surface area contributed by atoms with Gasteiger partial charge in [0.25, 0.3) is 0 Å². The highest BCUT2D eigenvalue weighted by Gasteiger charge is 1.98. The Hall–Kier alpha value is -1.63. The van der Waals surface area contributed by atoms with Gasteiger partial charge in [0.2, 0.25) is 0 Å². The molecule has 0 aliphatic carbocycles. The van der Waals surface area contributed by atoms with E-state index in [1.54, 1.807) is 18.3 Å². The van der Waals surface area contributed by atoms with Crippen molar-refractivity contribution in [2.45, 2.75) is 13.5 Å². The van der Waals surface area contributed by atoms with E-state index in [1.165, 1.54) is 0 Å². The molecular weight excluding hydrogens is 174 g/mol. The Morgan fingerprint density at radius 1 is 1.64 bits per heavy atom. The summed E-state index contributed by atoms with van der Waals surface area (Å²) in [4.78, 5) is 4.21. The van der Waals surface area contributed by atoms with Crippen LogP contribution < -0.4 is 0 Å². The van der Waals surface area contributed by atoms with Gasteiger partial charge in [-0.2, -0.15) is 0 Å². The minimum atomic E-state index is 0.00611. The van der Waals surface area contributed by atoms with Crippen LogP contribution in [0.1, 0.15) is 16.8 Å². The third-order valence-electron chi connectivity index (χ3n) is 1.78. The van der Waals surface area contributed by atoms with Crippen LogP contribution in [0.5, 0.6) is 0 Å². The number of aryl methyl sites for hydroxylation is 1. The molecule has 1 aromatic rings. The molecule has 2 heteroatoms. The summed E-state index contributed by atoms with van der Waals surface area (Å²) in [5.74, 6) is 0.